The molecule has 5 nitrogen and oxygen atoms in total. The van der Waals surface area contributed by atoms with E-state index >= 15 is 0 Å². The van der Waals surface area contributed by atoms with Crippen molar-refractivity contribution in [2.75, 3.05) is 6.54 Å². The summed E-state index contributed by atoms with van der Waals surface area (Å²) >= 11 is 0. The molecule has 0 radical (unpaired) electrons. The van der Waals surface area contributed by atoms with Gasteiger partial charge in [-0.2, -0.15) is 5.10 Å². The van der Waals surface area contributed by atoms with Crippen LogP contribution in [0.15, 0.2) is 12.4 Å². The Morgan fingerprint density at radius 3 is 2.92 bits per heavy atom. The number of nitrogens with two attached hydrogens (primary N) is 1. The maximum absolute atomic E-state index is 10.7. The molecule has 1 atom stereocenters. The van der Waals surface area contributed by atoms with Gasteiger partial charge in [-0.05, 0) is 6.92 Å². The molecule has 1 heterocycles. The molecule has 1 aromatic rings. The van der Waals surface area contributed by atoms with Crippen LogP contribution in [0.1, 0.15) is 18.4 Å². The third-order valence-corrected chi connectivity index (χ3v) is 1.91. The molecule has 0 fully saturated rings. The van der Waals surface area contributed by atoms with Gasteiger partial charge in [-0.25, -0.2) is 0 Å². The molecule has 0 bridgehead atoms. The van der Waals surface area contributed by atoms with Crippen LogP contribution in [0, 0.1) is 0 Å². The molecule has 0 aliphatic carbocycles. The van der Waals surface area contributed by atoms with E-state index in [1.807, 2.05) is 6.92 Å². The highest BCUT2D eigenvalue weighted by atomic mass is 16.4. The molecule has 3 N–H and O–H groups in total. The molecule has 0 saturated carbocycles. The number of aromatic nitrogens is 2. The molecule has 5 heteroatoms. The number of carboxylic acid groups (broad SMARTS) is 1. The second kappa shape index (κ2) is 4.04. The van der Waals surface area contributed by atoms with Crippen LogP contribution >= 0.6 is 0 Å². The van der Waals surface area contributed by atoms with Gasteiger partial charge in [-0.15, -0.1) is 0 Å². The summed E-state index contributed by atoms with van der Waals surface area (Å²) in [6.45, 7) is 2.77. The van der Waals surface area contributed by atoms with Crippen LogP contribution in [-0.4, -0.2) is 27.4 Å². The molecule has 1 aromatic heterocycles. The summed E-state index contributed by atoms with van der Waals surface area (Å²) in [7, 11) is 0. The highest BCUT2D eigenvalue weighted by Crippen LogP contribution is 2.13. The predicted octanol–water partition coefficient (Wildman–Crippen LogP) is 0.0299. The Morgan fingerprint density at radius 1 is 1.85 bits per heavy atom. The first-order valence-corrected chi connectivity index (χ1v) is 4.14. The van der Waals surface area contributed by atoms with Crippen molar-refractivity contribution in [3.8, 4) is 0 Å². The lowest BCUT2D eigenvalue weighted by atomic mass is 10.0. The van der Waals surface area contributed by atoms with Gasteiger partial charge in [0.15, 0.2) is 0 Å². The largest absolute Gasteiger partial charge is 0.481 e. The van der Waals surface area contributed by atoms with Gasteiger partial charge in [0.1, 0.15) is 0 Å². The predicted molar refractivity (Wildman–Crippen MR) is 47.3 cm³/mol. The molecule has 0 aliphatic heterocycles. The van der Waals surface area contributed by atoms with Crippen LogP contribution in [0.4, 0.5) is 0 Å². The zero-order valence-corrected chi connectivity index (χ0v) is 7.47. The van der Waals surface area contributed by atoms with Gasteiger partial charge in [0, 0.05) is 24.8 Å². The highest BCUT2D eigenvalue weighted by Gasteiger charge is 2.19. The highest BCUT2D eigenvalue weighted by molar-refractivity contribution is 5.76. The van der Waals surface area contributed by atoms with E-state index in [9.17, 15) is 4.79 Å². The van der Waals surface area contributed by atoms with Gasteiger partial charge in [-0.3, -0.25) is 9.48 Å². The molecule has 13 heavy (non-hydrogen) atoms. The van der Waals surface area contributed by atoms with Crippen LogP contribution in [-0.2, 0) is 11.3 Å². The van der Waals surface area contributed by atoms with Gasteiger partial charge < -0.3 is 10.8 Å². The van der Waals surface area contributed by atoms with Gasteiger partial charge in [0.25, 0.3) is 0 Å². The summed E-state index contributed by atoms with van der Waals surface area (Å²) in [5, 5.41) is 12.8. The number of carboxylic acids is 1. The minimum atomic E-state index is -0.904. The van der Waals surface area contributed by atoms with Crippen LogP contribution in [0.25, 0.3) is 0 Å². The van der Waals surface area contributed by atoms with E-state index in [0.29, 0.717) is 5.56 Å². The van der Waals surface area contributed by atoms with Crippen molar-refractivity contribution >= 4 is 5.97 Å². The smallest absolute Gasteiger partial charge is 0.312 e. The zero-order valence-electron chi connectivity index (χ0n) is 7.47. The third kappa shape index (κ3) is 2.06. The summed E-state index contributed by atoms with van der Waals surface area (Å²) in [6.07, 6.45) is 3.26. The molecule has 0 aliphatic rings. The Hall–Kier alpha value is -1.36. The fraction of sp³-hybridized carbons (Fsp3) is 0.500. The van der Waals surface area contributed by atoms with Crippen molar-refractivity contribution in [1.82, 2.24) is 9.78 Å². The molecule has 0 spiro atoms. The maximum Gasteiger partial charge on any atom is 0.312 e. The Balaban J connectivity index is 2.85. The first kappa shape index (κ1) is 9.73. The molecular weight excluding hydrogens is 170 g/mol. The number of hydrogen-bond donors (Lipinski definition) is 2. The maximum atomic E-state index is 10.7. The molecule has 0 saturated heterocycles. The number of aliphatic carboxylic acids is 1. The second-order valence-corrected chi connectivity index (χ2v) is 2.76. The standard InChI is InChI=1S/C8H13N3O2/c1-2-11-5-6(4-10-11)7(3-9)8(12)13/h4-5,7H,2-3,9H2,1H3,(H,12,13). The summed E-state index contributed by atoms with van der Waals surface area (Å²) in [5.41, 5.74) is 6.00. The average Bonchev–Trinajstić information content (AvgIpc) is 2.53. The first-order chi connectivity index (χ1) is 6.19. The number of aryl methyl sites for hydroxylation is 1. The van der Waals surface area contributed by atoms with Gasteiger partial charge >= 0.3 is 5.97 Å². The summed E-state index contributed by atoms with van der Waals surface area (Å²) < 4.78 is 1.68. The van der Waals surface area contributed by atoms with Crippen molar-refractivity contribution in [1.29, 1.82) is 0 Å². The Labute approximate surface area is 76.2 Å². The monoisotopic (exact) mass is 183 g/mol. The van der Waals surface area contributed by atoms with E-state index in [4.69, 9.17) is 10.8 Å². The Bertz CT molecular complexity index is 295. The summed E-state index contributed by atoms with van der Waals surface area (Å²) in [4.78, 5) is 10.7. The van der Waals surface area contributed by atoms with E-state index in [2.05, 4.69) is 5.10 Å². The average molecular weight is 183 g/mol. The van der Waals surface area contributed by atoms with Gasteiger partial charge in [0.05, 0.1) is 12.1 Å². The van der Waals surface area contributed by atoms with Crippen molar-refractivity contribution in [2.24, 2.45) is 5.73 Å². The lowest BCUT2D eigenvalue weighted by Gasteiger charge is -2.05. The number of carbonyl (C=O) groups is 1. The topological polar surface area (TPSA) is 81.1 Å². The van der Waals surface area contributed by atoms with Crippen LogP contribution < -0.4 is 5.73 Å². The van der Waals surface area contributed by atoms with Crippen molar-refractivity contribution in [2.45, 2.75) is 19.4 Å². The quantitative estimate of drug-likeness (QED) is 0.690. The number of rotatable bonds is 4. The summed E-state index contributed by atoms with van der Waals surface area (Å²) in [6, 6.07) is 0. The van der Waals surface area contributed by atoms with E-state index in [1.165, 1.54) is 0 Å². The lowest BCUT2D eigenvalue weighted by Crippen LogP contribution is -2.20. The van der Waals surface area contributed by atoms with E-state index in [0.717, 1.165) is 6.54 Å². The molecular formula is C8H13N3O2. The Kier molecular flexibility index (Phi) is 3.02. The fourth-order valence-electron chi connectivity index (χ4n) is 1.11. The molecule has 72 valence electrons. The SMILES string of the molecule is CCn1cc(C(CN)C(=O)O)cn1. The number of nitrogens with zero attached hydrogens (tertiary/aromatic N) is 2. The van der Waals surface area contributed by atoms with Gasteiger partial charge in [-0.1, -0.05) is 0 Å². The molecule has 0 amide bonds. The summed E-state index contributed by atoms with van der Waals surface area (Å²) in [5.74, 6) is -1.54. The van der Waals surface area contributed by atoms with Crippen molar-refractivity contribution in [3.63, 3.8) is 0 Å². The fourth-order valence-corrected chi connectivity index (χ4v) is 1.11. The Morgan fingerprint density at radius 2 is 2.54 bits per heavy atom. The second-order valence-electron chi connectivity index (χ2n) is 2.76. The van der Waals surface area contributed by atoms with Crippen LogP contribution in [0.3, 0.4) is 0 Å². The van der Waals surface area contributed by atoms with Crippen LogP contribution in [0.2, 0.25) is 0 Å². The molecule has 1 unspecified atom stereocenters. The minimum absolute atomic E-state index is 0.102. The molecule has 1 rings (SSSR count). The van der Waals surface area contributed by atoms with Crippen LogP contribution in [0.5, 0.6) is 0 Å². The minimum Gasteiger partial charge on any atom is -0.481 e. The van der Waals surface area contributed by atoms with Crippen molar-refractivity contribution in [3.05, 3.63) is 18.0 Å². The zero-order chi connectivity index (χ0) is 9.84. The lowest BCUT2D eigenvalue weighted by molar-refractivity contribution is -0.138. The van der Waals surface area contributed by atoms with Crippen molar-refractivity contribution < 1.29 is 9.90 Å². The molecule has 0 aromatic carbocycles. The van der Waals surface area contributed by atoms with E-state index in [1.54, 1.807) is 17.1 Å². The van der Waals surface area contributed by atoms with Gasteiger partial charge in [0.2, 0.25) is 0 Å². The normalized spacial score (nSPS) is 12.8. The number of hydrogen-bond acceptors (Lipinski definition) is 3. The van der Waals surface area contributed by atoms with E-state index in [-0.39, 0.29) is 6.54 Å². The first-order valence-electron chi connectivity index (χ1n) is 4.14. The third-order valence-electron chi connectivity index (χ3n) is 1.91. The van der Waals surface area contributed by atoms with E-state index < -0.39 is 11.9 Å².